The lowest BCUT2D eigenvalue weighted by molar-refractivity contribution is -0.122. The van der Waals surface area contributed by atoms with Crippen LogP contribution in [0.4, 0.5) is 0 Å². The molecule has 0 aliphatic carbocycles. The number of likely N-dealkylation sites (N-methyl/N-ethyl adjacent to an activating group) is 1. The molecule has 0 saturated carbocycles. The number of rotatable bonds is 15. The number of amides is 1. The molecule has 186 valence electrons. The van der Waals surface area contributed by atoms with Crippen LogP contribution in [-0.2, 0) is 11.4 Å². The van der Waals surface area contributed by atoms with E-state index in [1.165, 1.54) is 0 Å². The first-order valence-corrected chi connectivity index (χ1v) is 11.5. The average Bonchev–Trinajstić information content (AvgIpc) is 2.91. The van der Waals surface area contributed by atoms with Gasteiger partial charge in [0.25, 0.3) is 5.91 Å². The van der Waals surface area contributed by atoms with Gasteiger partial charge in [-0.05, 0) is 54.1 Å². The number of carbonyl (C=O) groups is 1. The number of carbonyl (C=O) groups excluding carboxylic acids is 1. The summed E-state index contributed by atoms with van der Waals surface area (Å²) < 4.78 is 22.4. The van der Waals surface area contributed by atoms with E-state index in [4.69, 9.17) is 18.9 Å². The number of aliphatic hydroxyl groups excluding tert-OH is 1. The van der Waals surface area contributed by atoms with Crippen LogP contribution in [0.2, 0.25) is 0 Å². The Morgan fingerprint density at radius 3 is 2.00 bits per heavy atom. The van der Waals surface area contributed by atoms with Crippen LogP contribution in [0.25, 0.3) is 0 Å². The van der Waals surface area contributed by atoms with E-state index in [1.54, 1.807) is 31.3 Å². The minimum absolute atomic E-state index is 0.0266. The molecule has 3 N–H and O–H groups in total. The normalized spacial score (nSPS) is 11.4. The number of ether oxygens (including phenoxy) is 4. The maximum atomic E-state index is 11.2. The molecule has 1 amide bonds. The zero-order valence-corrected chi connectivity index (χ0v) is 19.8. The Morgan fingerprint density at radius 2 is 1.37 bits per heavy atom. The summed E-state index contributed by atoms with van der Waals surface area (Å²) in [5.41, 5.74) is 1.11. The first kappa shape index (κ1) is 25.9. The van der Waals surface area contributed by atoms with Gasteiger partial charge in [-0.1, -0.05) is 30.3 Å². The molecule has 0 aliphatic rings. The van der Waals surface area contributed by atoms with E-state index in [2.05, 4.69) is 10.6 Å². The fourth-order valence-corrected chi connectivity index (χ4v) is 2.99. The van der Waals surface area contributed by atoms with Gasteiger partial charge in [0, 0.05) is 20.1 Å². The summed E-state index contributed by atoms with van der Waals surface area (Å²) in [7, 11) is 1.56. The van der Waals surface area contributed by atoms with Crippen LogP contribution in [0.3, 0.4) is 0 Å². The molecule has 0 radical (unpaired) electrons. The monoisotopic (exact) mass is 480 g/mol. The van der Waals surface area contributed by atoms with Gasteiger partial charge in [-0.3, -0.25) is 4.79 Å². The van der Waals surface area contributed by atoms with Crippen molar-refractivity contribution >= 4 is 5.91 Å². The molecule has 0 saturated heterocycles. The molecule has 3 aromatic carbocycles. The molecule has 3 aromatic rings. The Hall–Kier alpha value is -3.75. The Labute approximate surface area is 205 Å². The van der Waals surface area contributed by atoms with Gasteiger partial charge in [0.1, 0.15) is 48.9 Å². The second-order valence-corrected chi connectivity index (χ2v) is 7.70. The predicted octanol–water partition coefficient (Wildman–Crippen LogP) is 2.80. The Bertz CT molecular complexity index is 996. The third kappa shape index (κ3) is 9.95. The van der Waals surface area contributed by atoms with Gasteiger partial charge in [-0.15, -0.1) is 0 Å². The quantitative estimate of drug-likeness (QED) is 0.288. The zero-order valence-electron chi connectivity index (χ0n) is 19.8. The molecular weight excluding hydrogens is 448 g/mol. The lowest BCUT2D eigenvalue weighted by atomic mass is 10.2. The maximum Gasteiger partial charge on any atom is 0.257 e. The number of hydrogen-bond donors (Lipinski definition) is 3. The van der Waals surface area contributed by atoms with Gasteiger partial charge in [-0.2, -0.15) is 0 Å². The number of hydrogen-bond acceptors (Lipinski definition) is 7. The molecule has 0 aromatic heterocycles. The van der Waals surface area contributed by atoms with Crippen molar-refractivity contribution in [3.63, 3.8) is 0 Å². The third-order valence-corrected chi connectivity index (χ3v) is 4.91. The van der Waals surface area contributed by atoms with Crippen LogP contribution in [0.15, 0.2) is 78.9 Å². The number of nitrogens with one attached hydrogen (secondary N) is 2. The number of benzene rings is 3. The second-order valence-electron chi connectivity index (χ2n) is 7.70. The largest absolute Gasteiger partial charge is 0.492 e. The molecule has 0 aliphatic heterocycles. The predicted molar refractivity (Wildman–Crippen MR) is 133 cm³/mol. The van der Waals surface area contributed by atoms with Crippen molar-refractivity contribution in [3.05, 3.63) is 84.4 Å². The van der Waals surface area contributed by atoms with Gasteiger partial charge in [0.15, 0.2) is 6.61 Å². The first-order chi connectivity index (χ1) is 17.1. The van der Waals surface area contributed by atoms with Gasteiger partial charge >= 0.3 is 0 Å². The minimum Gasteiger partial charge on any atom is -0.492 e. The molecule has 8 nitrogen and oxygen atoms in total. The van der Waals surface area contributed by atoms with Crippen molar-refractivity contribution in [1.82, 2.24) is 10.6 Å². The second kappa shape index (κ2) is 14.5. The van der Waals surface area contributed by atoms with Gasteiger partial charge in [0.05, 0.1) is 0 Å². The van der Waals surface area contributed by atoms with Gasteiger partial charge < -0.3 is 34.7 Å². The van der Waals surface area contributed by atoms with Crippen molar-refractivity contribution in [3.8, 4) is 23.0 Å². The lowest BCUT2D eigenvalue weighted by Gasteiger charge is -2.14. The minimum atomic E-state index is -0.652. The molecule has 35 heavy (non-hydrogen) atoms. The Kier molecular flexibility index (Phi) is 10.7. The molecule has 3 rings (SSSR count). The fourth-order valence-electron chi connectivity index (χ4n) is 2.99. The van der Waals surface area contributed by atoms with Crippen LogP contribution in [0.1, 0.15) is 5.56 Å². The highest BCUT2D eigenvalue weighted by molar-refractivity contribution is 5.77. The van der Waals surface area contributed by atoms with E-state index in [9.17, 15) is 9.90 Å². The van der Waals surface area contributed by atoms with E-state index in [0.29, 0.717) is 43.6 Å². The summed E-state index contributed by atoms with van der Waals surface area (Å²) in [5.74, 6) is 2.53. The van der Waals surface area contributed by atoms with Crippen molar-refractivity contribution in [1.29, 1.82) is 0 Å². The van der Waals surface area contributed by atoms with E-state index in [1.807, 2.05) is 54.6 Å². The smallest absolute Gasteiger partial charge is 0.257 e. The highest BCUT2D eigenvalue weighted by atomic mass is 16.5. The average molecular weight is 481 g/mol. The molecule has 0 bridgehead atoms. The Morgan fingerprint density at radius 1 is 0.800 bits per heavy atom. The van der Waals surface area contributed by atoms with Gasteiger partial charge in [-0.25, -0.2) is 0 Å². The summed E-state index contributed by atoms with van der Waals surface area (Å²) in [6.45, 7) is 2.05. The molecule has 0 fully saturated rings. The highest BCUT2D eigenvalue weighted by Crippen LogP contribution is 2.19. The summed E-state index contributed by atoms with van der Waals surface area (Å²) in [6, 6.07) is 24.4. The van der Waals surface area contributed by atoms with Crippen molar-refractivity contribution in [2.75, 3.05) is 40.0 Å². The van der Waals surface area contributed by atoms with Crippen LogP contribution in [0, 0.1) is 0 Å². The van der Waals surface area contributed by atoms with E-state index in [-0.39, 0.29) is 19.1 Å². The first-order valence-electron chi connectivity index (χ1n) is 11.5. The maximum absolute atomic E-state index is 11.2. The lowest BCUT2D eigenvalue weighted by Crippen LogP contribution is -2.33. The van der Waals surface area contributed by atoms with Crippen molar-refractivity contribution in [2.24, 2.45) is 0 Å². The fraction of sp³-hybridized carbons (Fsp3) is 0.296. The van der Waals surface area contributed by atoms with E-state index < -0.39 is 6.10 Å². The Balaban J connectivity index is 1.25. The van der Waals surface area contributed by atoms with Gasteiger partial charge in [0.2, 0.25) is 0 Å². The molecule has 1 atom stereocenters. The SMILES string of the molecule is CNC(=O)COc1ccc(OCCNCC(O)COc2ccc(OCc3ccccc3)cc2)cc1. The highest BCUT2D eigenvalue weighted by Gasteiger charge is 2.06. The molecule has 8 heteroatoms. The molecular formula is C27H32N2O6. The summed E-state index contributed by atoms with van der Waals surface area (Å²) in [5, 5.41) is 15.8. The van der Waals surface area contributed by atoms with Crippen molar-refractivity contribution in [2.45, 2.75) is 12.7 Å². The van der Waals surface area contributed by atoms with Crippen molar-refractivity contribution < 1.29 is 28.8 Å². The van der Waals surface area contributed by atoms with E-state index in [0.717, 1.165) is 11.3 Å². The summed E-state index contributed by atoms with van der Waals surface area (Å²) >= 11 is 0. The third-order valence-electron chi connectivity index (χ3n) is 4.91. The van der Waals surface area contributed by atoms with Crippen LogP contribution < -0.4 is 29.6 Å². The van der Waals surface area contributed by atoms with Crippen LogP contribution in [0.5, 0.6) is 23.0 Å². The van der Waals surface area contributed by atoms with E-state index >= 15 is 0 Å². The summed E-state index contributed by atoms with van der Waals surface area (Å²) in [4.78, 5) is 11.2. The number of aliphatic hydroxyl groups is 1. The topological polar surface area (TPSA) is 98.3 Å². The van der Waals surface area contributed by atoms with Crippen LogP contribution >= 0.6 is 0 Å². The standard InChI is InChI=1S/C27H32N2O6/c1-28-27(31)20-35-26-9-7-23(8-10-26)32-16-15-29-17-22(30)19-34-25-13-11-24(12-14-25)33-18-21-5-3-2-4-6-21/h2-14,22,29-30H,15-20H2,1H3,(H,28,31). The van der Waals surface area contributed by atoms with Crippen LogP contribution in [-0.4, -0.2) is 57.1 Å². The molecule has 1 unspecified atom stereocenters. The molecule has 0 heterocycles. The molecule has 0 spiro atoms. The zero-order chi connectivity index (χ0) is 24.7. The summed E-state index contributed by atoms with van der Waals surface area (Å²) in [6.07, 6.45) is -0.652.